The molecule has 0 aromatic carbocycles. The largest absolute Gasteiger partial charge is 0.387 e. The van der Waals surface area contributed by atoms with Crippen molar-refractivity contribution in [2.75, 3.05) is 13.1 Å². The van der Waals surface area contributed by atoms with Crippen LogP contribution in [-0.2, 0) is 11.3 Å². The van der Waals surface area contributed by atoms with Crippen LogP contribution in [0.25, 0.3) is 11.3 Å². The second kappa shape index (κ2) is 9.71. The molecular weight excluding hydrogens is 434 g/mol. The van der Waals surface area contributed by atoms with Gasteiger partial charge in [0, 0.05) is 41.4 Å². The summed E-state index contributed by atoms with van der Waals surface area (Å²) in [5, 5.41) is 15.5. The minimum Gasteiger partial charge on any atom is -0.387 e. The van der Waals surface area contributed by atoms with Gasteiger partial charge in [-0.1, -0.05) is 52.9 Å². The highest BCUT2D eigenvalue weighted by Gasteiger charge is 2.49. The molecule has 4 rings (SSSR count). The van der Waals surface area contributed by atoms with E-state index >= 15 is 0 Å². The van der Waals surface area contributed by atoms with E-state index in [4.69, 9.17) is 0 Å². The molecule has 33 heavy (non-hydrogen) atoms. The van der Waals surface area contributed by atoms with Crippen LogP contribution in [0.3, 0.4) is 0 Å². The van der Waals surface area contributed by atoms with Crippen molar-refractivity contribution >= 4 is 17.2 Å². The van der Waals surface area contributed by atoms with E-state index in [0.717, 1.165) is 12.0 Å². The van der Waals surface area contributed by atoms with Gasteiger partial charge in [-0.25, -0.2) is 4.98 Å². The maximum absolute atomic E-state index is 13.2. The normalized spacial score (nSPS) is 24.5. The predicted molar refractivity (Wildman–Crippen MR) is 132 cm³/mol. The first-order valence-electron chi connectivity index (χ1n) is 12.3. The molecule has 1 saturated carbocycles. The SMILES string of the molecule is C[C@H](CC1CCCCC1)C(=O)N1CCC(O)(Cn2cnc(-c3ccsc3)cc2=O)C(C)(C)C1. The van der Waals surface area contributed by atoms with Gasteiger partial charge >= 0.3 is 0 Å². The molecule has 6 nitrogen and oxygen atoms in total. The van der Waals surface area contributed by atoms with Crippen LogP contribution < -0.4 is 5.56 Å². The van der Waals surface area contributed by atoms with Crippen molar-refractivity contribution < 1.29 is 9.90 Å². The Labute approximate surface area is 200 Å². The quantitative estimate of drug-likeness (QED) is 0.670. The van der Waals surface area contributed by atoms with E-state index in [1.807, 2.05) is 35.6 Å². The highest BCUT2D eigenvalue weighted by atomic mass is 32.1. The number of aromatic nitrogens is 2. The first kappa shape index (κ1) is 24.1. The smallest absolute Gasteiger partial charge is 0.253 e. The van der Waals surface area contributed by atoms with Crippen LogP contribution in [0.4, 0.5) is 0 Å². The van der Waals surface area contributed by atoms with Crippen molar-refractivity contribution in [2.45, 2.75) is 77.9 Å². The van der Waals surface area contributed by atoms with E-state index in [2.05, 4.69) is 11.9 Å². The van der Waals surface area contributed by atoms with Gasteiger partial charge in [0.15, 0.2) is 0 Å². The number of hydrogen-bond donors (Lipinski definition) is 1. The molecule has 0 radical (unpaired) electrons. The van der Waals surface area contributed by atoms with Crippen LogP contribution in [0.1, 0.15) is 65.7 Å². The van der Waals surface area contributed by atoms with Gasteiger partial charge in [-0.2, -0.15) is 11.3 Å². The number of aliphatic hydroxyl groups is 1. The van der Waals surface area contributed by atoms with Crippen molar-refractivity contribution in [3.63, 3.8) is 0 Å². The number of rotatable bonds is 6. The van der Waals surface area contributed by atoms with E-state index in [0.29, 0.717) is 31.1 Å². The Morgan fingerprint density at radius 2 is 2.06 bits per heavy atom. The van der Waals surface area contributed by atoms with E-state index in [9.17, 15) is 14.7 Å². The topological polar surface area (TPSA) is 75.4 Å². The second-order valence-corrected chi connectivity index (χ2v) is 11.6. The van der Waals surface area contributed by atoms with E-state index in [1.54, 1.807) is 11.3 Å². The number of carbonyl (C=O) groups excluding carboxylic acids is 1. The fraction of sp³-hybridized carbons (Fsp3) is 0.654. The highest BCUT2D eigenvalue weighted by molar-refractivity contribution is 7.08. The van der Waals surface area contributed by atoms with Gasteiger partial charge in [-0.05, 0) is 30.2 Å². The zero-order valence-electron chi connectivity index (χ0n) is 20.1. The van der Waals surface area contributed by atoms with Crippen molar-refractivity contribution in [2.24, 2.45) is 17.3 Å². The molecule has 1 aliphatic heterocycles. The molecule has 1 N–H and O–H groups in total. The average molecular weight is 472 g/mol. The molecule has 0 bridgehead atoms. The molecule has 2 aliphatic rings. The Balaban J connectivity index is 1.41. The molecule has 180 valence electrons. The Morgan fingerprint density at radius 3 is 2.70 bits per heavy atom. The lowest BCUT2D eigenvalue weighted by atomic mass is 9.69. The van der Waals surface area contributed by atoms with E-state index in [-0.39, 0.29) is 23.9 Å². The fourth-order valence-electron chi connectivity index (χ4n) is 5.57. The monoisotopic (exact) mass is 471 g/mol. The zero-order valence-corrected chi connectivity index (χ0v) is 20.9. The van der Waals surface area contributed by atoms with E-state index in [1.165, 1.54) is 49.1 Å². The molecule has 2 aromatic rings. The van der Waals surface area contributed by atoms with Gasteiger partial charge in [0.25, 0.3) is 5.56 Å². The first-order valence-corrected chi connectivity index (χ1v) is 13.2. The molecule has 3 heterocycles. The highest BCUT2D eigenvalue weighted by Crippen LogP contribution is 2.40. The van der Waals surface area contributed by atoms with Gasteiger partial charge in [0.2, 0.25) is 5.91 Å². The second-order valence-electron chi connectivity index (χ2n) is 10.8. The molecule has 0 spiro atoms. The van der Waals surface area contributed by atoms with Gasteiger partial charge < -0.3 is 10.0 Å². The summed E-state index contributed by atoms with van der Waals surface area (Å²) in [5.41, 5.74) is -0.230. The van der Waals surface area contributed by atoms with Crippen molar-refractivity contribution in [3.05, 3.63) is 39.6 Å². The molecule has 1 aliphatic carbocycles. The minimum absolute atomic E-state index is 0.0200. The predicted octanol–water partition coefficient (Wildman–Crippen LogP) is 4.57. The lowest BCUT2D eigenvalue weighted by Gasteiger charge is -2.50. The van der Waals surface area contributed by atoms with Crippen LogP contribution in [-0.4, -0.2) is 44.2 Å². The van der Waals surface area contributed by atoms with Crippen LogP contribution in [0.5, 0.6) is 0 Å². The van der Waals surface area contributed by atoms with Crippen molar-refractivity contribution in [1.82, 2.24) is 14.5 Å². The standard InChI is InChI=1S/C26H37N3O3S/c1-19(13-20-7-5-4-6-8-20)24(31)28-11-10-26(32,25(2,3)16-28)17-29-18-27-22(14-23(29)30)21-9-12-33-15-21/h9,12,14-15,18-20,32H,4-8,10-11,13,16-17H2,1-3H3/t19-,26?/m1/s1. The maximum atomic E-state index is 13.2. The third-order valence-corrected chi connectivity index (χ3v) is 8.60. The zero-order chi connectivity index (χ0) is 23.6. The molecule has 1 saturated heterocycles. The Bertz CT molecular complexity index is 1010. The van der Waals surface area contributed by atoms with E-state index < -0.39 is 11.0 Å². The number of piperidine rings is 1. The van der Waals surface area contributed by atoms with Crippen LogP contribution in [0.15, 0.2) is 34.0 Å². The van der Waals surface area contributed by atoms with Crippen LogP contribution >= 0.6 is 11.3 Å². The minimum atomic E-state index is -1.09. The summed E-state index contributed by atoms with van der Waals surface area (Å²) in [5.74, 6) is 0.894. The van der Waals surface area contributed by atoms with Crippen molar-refractivity contribution in [1.29, 1.82) is 0 Å². The lowest BCUT2D eigenvalue weighted by Crippen LogP contribution is -2.61. The summed E-state index contributed by atoms with van der Waals surface area (Å²) in [4.78, 5) is 32.4. The number of carbonyl (C=O) groups is 1. The molecule has 2 aromatic heterocycles. The molecule has 7 heteroatoms. The van der Waals surface area contributed by atoms with Gasteiger partial charge in [0.05, 0.1) is 24.2 Å². The average Bonchev–Trinajstić information content (AvgIpc) is 3.32. The molecule has 2 fully saturated rings. The molecular formula is C26H37N3O3S. The van der Waals surface area contributed by atoms with Crippen LogP contribution in [0, 0.1) is 17.3 Å². The molecule has 1 unspecified atom stereocenters. The number of likely N-dealkylation sites (tertiary alicyclic amines) is 1. The molecule has 1 amide bonds. The number of nitrogens with zero attached hydrogens (tertiary/aromatic N) is 3. The molecule has 2 atom stereocenters. The number of hydrogen-bond acceptors (Lipinski definition) is 5. The summed E-state index contributed by atoms with van der Waals surface area (Å²) in [6.07, 6.45) is 9.35. The van der Waals surface area contributed by atoms with Gasteiger partial charge in [0.1, 0.15) is 0 Å². The summed E-state index contributed by atoms with van der Waals surface area (Å²) in [6.45, 7) is 7.24. The third kappa shape index (κ3) is 5.24. The van der Waals surface area contributed by atoms with Crippen molar-refractivity contribution in [3.8, 4) is 11.3 Å². The fourth-order valence-corrected chi connectivity index (χ4v) is 6.22. The Kier molecular flexibility index (Phi) is 7.10. The Hall–Kier alpha value is -1.99. The summed E-state index contributed by atoms with van der Waals surface area (Å²) in [6, 6.07) is 3.47. The third-order valence-electron chi connectivity index (χ3n) is 7.91. The summed E-state index contributed by atoms with van der Waals surface area (Å²) >= 11 is 1.56. The number of thiophene rings is 1. The first-order chi connectivity index (χ1) is 15.7. The Morgan fingerprint density at radius 1 is 1.30 bits per heavy atom. The summed E-state index contributed by atoms with van der Waals surface area (Å²) < 4.78 is 1.50. The van der Waals surface area contributed by atoms with Gasteiger partial charge in [-0.3, -0.25) is 14.2 Å². The summed E-state index contributed by atoms with van der Waals surface area (Å²) in [7, 11) is 0. The number of amides is 1. The van der Waals surface area contributed by atoms with Crippen LogP contribution in [0.2, 0.25) is 0 Å². The van der Waals surface area contributed by atoms with Gasteiger partial charge in [-0.15, -0.1) is 0 Å². The maximum Gasteiger partial charge on any atom is 0.253 e. The lowest BCUT2D eigenvalue weighted by molar-refractivity contribution is -0.157.